The number of amides is 3. The van der Waals surface area contributed by atoms with Gasteiger partial charge in [0.2, 0.25) is 5.91 Å². The van der Waals surface area contributed by atoms with Crippen molar-refractivity contribution >= 4 is 40.0 Å². The van der Waals surface area contributed by atoms with Gasteiger partial charge in [0.15, 0.2) is 5.82 Å². The lowest BCUT2D eigenvalue weighted by Gasteiger charge is -2.35. The van der Waals surface area contributed by atoms with Crippen molar-refractivity contribution in [1.82, 2.24) is 14.9 Å². The van der Waals surface area contributed by atoms with Gasteiger partial charge in [-0.1, -0.05) is 18.7 Å². The first-order chi connectivity index (χ1) is 16.0. The number of ether oxygens (including phenoxy) is 1. The van der Waals surface area contributed by atoms with E-state index >= 15 is 0 Å². The molecule has 0 saturated carbocycles. The summed E-state index contributed by atoms with van der Waals surface area (Å²) in [6.07, 6.45) is 4.07. The first-order valence-electron chi connectivity index (χ1n) is 10.7. The molecule has 9 heteroatoms. The van der Waals surface area contributed by atoms with E-state index in [0.29, 0.717) is 54.1 Å². The van der Waals surface area contributed by atoms with Crippen LogP contribution in [0.15, 0.2) is 49.3 Å². The van der Waals surface area contributed by atoms with Crippen LogP contribution in [0.1, 0.15) is 24.3 Å². The molecule has 0 unspecified atom stereocenters. The summed E-state index contributed by atoms with van der Waals surface area (Å²) in [6.45, 7) is 4.71. The Morgan fingerprint density at radius 2 is 2.03 bits per heavy atom. The lowest BCUT2D eigenvalue weighted by molar-refractivity contribution is -0.127. The fourth-order valence-electron chi connectivity index (χ4n) is 4.71. The molecule has 2 aliphatic heterocycles. The van der Waals surface area contributed by atoms with Crippen molar-refractivity contribution in [2.75, 3.05) is 30.4 Å². The Morgan fingerprint density at radius 3 is 2.73 bits per heavy atom. The Bertz CT molecular complexity index is 1290. The standard InChI is InChI=1S/C24H22FN5O3/c1-3-19(31)29-10-8-14(9-11-29)20-18(33-2)12-16-21-22(20)28-24(32)30(23(21)27-13-26-16)17-7-5-4-6-15(17)25/h3-7,12-14H,1,8-11H2,2H3,(H,28,32). The highest BCUT2D eigenvalue weighted by Gasteiger charge is 2.35. The van der Waals surface area contributed by atoms with E-state index in [4.69, 9.17) is 4.74 Å². The van der Waals surface area contributed by atoms with E-state index in [-0.39, 0.29) is 17.5 Å². The van der Waals surface area contributed by atoms with Crippen LogP contribution in [0.25, 0.3) is 10.9 Å². The van der Waals surface area contributed by atoms with E-state index in [0.717, 1.165) is 5.56 Å². The summed E-state index contributed by atoms with van der Waals surface area (Å²) >= 11 is 0. The number of hydrogen-bond acceptors (Lipinski definition) is 5. The fraction of sp³-hybridized carbons (Fsp3) is 0.250. The predicted octanol–water partition coefficient (Wildman–Crippen LogP) is 4.35. The molecule has 1 N–H and O–H groups in total. The number of rotatable bonds is 4. The Morgan fingerprint density at radius 1 is 1.27 bits per heavy atom. The van der Waals surface area contributed by atoms with Crippen molar-refractivity contribution in [2.24, 2.45) is 0 Å². The second-order valence-corrected chi connectivity index (χ2v) is 7.98. The third kappa shape index (κ3) is 3.36. The molecular formula is C24H22FN5O3. The number of carbonyl (C=O) groups is 2. The van der Waals surface area contributed by atoms with Gasteiger partial charge in [-0.15, -0.1) is 0 Å². The van der Waals surface area contributed by atoms with Crippen LogP contribution in [0.5, 0.6) is 5.75 Å². The molecule has 8 nitrogen and oxygen atoms in total. The van der Waals surface area contributed by atoms with Crippen LogP contribution in [-0.2, 0) is 4.79 Å². The number of piperidine rings is 1. The zero-order valence-corrected chi connectivity index (χ0v) is 18.0. The molecule has 3 amide bonds. The van der Waals surface area contributed by atoms with Gasteiger partial charge >= 0.3 is 6.03 Å². The Kier molecular flexibility index (Phi) is 5.16. The van der Waals surface area contributed by atoms with Crippen molar-refractivity contribution in [2.45, 2.75) is 18.8 Å². The largest absolute Gasteiger partial charge is 0.496 e. The topological polar surface area (TPSA) is 87.7 Å². The van der Waals surface area contributed by atoms with Crippen LogP contribution in [0.3, 0.4) is 0 Å². The number of benzene rings is 2. The molecule has 0 atom stereocenters. The zero-order valence-electron chi connectivity index (χ0n) is 18.0. The van der Waals surface area contributed by atoms with Crippen molar-refractivity contribution in [3.05, 3.63) is 60.7 Å². The summed E-state index contributed by atoms with van der Waals surface area (Å²) in [5.74, 6) is 0.338. The van der Waals surface area contributed by atoms with Crippen LogP contribution in [0.4, 0.5) is 26.4 Å². The smallest absolute Gasteiger partial charge is 0.332 e. The second-order valence-electron chi connectivity index (χ2n) is 7.98. The minimum absolute atomic E-state index is 0.0431. The van der Waals surface area contributed by atoms with Gasteiger partial charge in [0.1, 0.15) is 17.9 Å². The van der Waals surface area contributed by atoms with Crippen molar-refractivity contribution in [3.8, 4) is 5.75 Å². The van der Waals surface area contributed by atoms with E-state index < -0.39 is 11.8 Å². The highest BCUT2D eigenvalue weighted by atomic mass is 19.1. The molecule has 0 aliphatic carbocycles. The maximum absolute atomic E-state index is 14.6. The first kappa shape index (κ1) is 20.9. The molecular weight excluding hydrogens is 425 g/mol. The summed E-state index contributed by atoms with van der Waals surface area (Å²) < 4.78 is 20.3. The number of methoxy groups -OCH3 is 1. The van der Waals surface area contributed by atoms with Crippen LogP contribution < -0.4 is 15.0 Å². The monoisotopic (exact) mass is 447 g/mol. The van der Waals surface area contributed by atoms with E-state index in [1.807, 2.05) is 6.07 Å². The predicted molar refractivity (Wildman–Crippen MR) is 122 cm³/mol. The molecule has 2 aromatic carbocycles. The number of nitrogens with zero attached hydrogens (tertiary/aromatic N) is 4. The van der Waals surface area contributed by atoms with Gasteiger partial charge in [0.05, 0.1) is 29.4 Å². The van der Waals surface area contributed by atoms with Crippen LogP contribution in [0, 0.1) is 5.82 Å². The highest BCUT2D eigenvalue weighted by molar-refractivity contribution is 6.21. The number of urea groups is 1. The van der Waals surface area contributed by atoms with Gasteiger partial charge in [-0.2, -0.15) is 0 Å². The molecule has 1 fully saturated rings. The van der Waals surface area contributed by atoms with Crippen molar-refractivity contribution in [1.29, 1.82) is 0 Å². The molecule has 0 bridgehead atoms. The van der Waals surface area contributed by atoms with E-state index in [1.54, 1.807) is 24.1 Å². The average Bonchev–Trinajstić information content (AvgIpc) is 2.84. The van der Waals surface area contributed by atoms with E-state index in [9.17, 15) is 14.0 Å². The lowest BCUT2D eigenvalue weighted by atomic mass is 9.86. The van der Waals surface area contributed by atoms with Gasteiger partial charge in [-0.25, -0.2) is 24.1 Å². The molecule has 2 aliphatic rings. The lowest BCUT2D eigenvalue weighted by Crippen LogP contribution is -2.38. The number of nitrogens with one attached hydrogen (secondary N) is 1. The summed E-state index contributed by atoms with van der Waals surface area (Å²) in [6, 6.07) is 7.37. The van der Waals surface area contributed by atoms with Gasteiger partial charge in [0.25, 0.3) is 0 Å². The zero-order chi connectivity index (χ0) is 23.1. The molecule has 1 saturated heterocycles. The molecule has 1 aromatic heterocycles. The van der Waals surface area contributed by atoms with E-state index in [1.165, 1.54) is 29.4 Å². The molecule has 168 valence electrons. The van der Waals surface area contributed by atoms with Crippen molar-refractivity contribution in [3.63, 3.8) is 0 Å². The SMILES string of the molecule is C=CC(=O)N1CCC(c2c(OC)cc3ncnc4c3c2NC(=O)N4c2ccccc2F)CC1. The Hall–Kier alpha value is -4.01. The van der Waals surface area contributed by atoms with Crippen molar-refractivity contribution < 1.29 is 18.7 Å². The maximum atomic E-state index is 14.6. The summed E-state index contributed by atoms with van der Waals surface area (Å²) in [5, 5.41) is 3.58. The van der Waals surface area contributed by atoms with Crippen LogP contribution >= 0.6 is 0 Å². The van der Waals surface area contributed by atoms with Gasteiger partial charge in [-0.3, -0.25) is 4.79 Å². The molecule has 0 spiro atoms. The number of hydrogen-bond donors (Lipinski definition) is 1. The molecule has 33 heavy (non-hydrogen) atoms. The molecule has 3 aromatic rings. The van der Waals surface area contributed by atoms with Crippen LogP contribution in [0.2, 0.25) is 0 Å². The maximum Gasteiger partial charge on any atom is 0.332 e. The number of para-hydroxylation sites is 1. The van der Waals surface area contributed by atoms with Gasteiger partial charge < -0.3 is 15.0 Å². The summed E-state index contributed by atoms with van der Waals surface area (Å²) in [5.41, 5.74) is 2.10. The molecule has 0 radical (unpaired) electrons. The average molecular weight is 447 g/mol. The number of carbonyl (C=O) groups excluding carboxylic acids is 2. The minimum Gasteiger partial charge on any atom is -0.496 e. The summed E-state index contributed by atoms with van der Waals surface area (Å²) in [7, 11) is 1.58. The Labute approximate surface area is 189 Å². The number of likely N-dealkylation sites (tertiary alicyclic amines) is 1. The third-order valence-electron chi connectivity index (χ3n) is 6.26. The minimum atomic E-state index is -0.532. The molecule has 5 rings (SSSR count). The second kappa shape index (κ2) is 8.16. The summed E-state index contributed by atoms with van der Waals surface area (Å²) in [4.78, 5) is 37.0. The number of anilines is 3. The quantitative estimate of drug-likeness (QED) is 0.601. The first-order valence-corrected chi connectivity index (χ1v) is 10.7. The normalized spacial score (nSPS) is 16.0. The highest BCUT2D eigenvalue weighted by Crippen LogP contribution is 2.48. The number of halogens is 1. The van der Waals surface area contributed by atoms with Gasteiger partial charge in [-0.05, 0) is 37.0 Å². The number of aromatic nitrogens is 2. The molecule has 3 heterocycles. The van der Waals surface area contributed by atoms with Crippen LogP contribution in [-0.4, -0.2) is 47.0 Å². The van der Waals surface area contributed by atoms with E-state index in [2.05, 4.69) is 21.9 Å². The fourth-order valence-corrected chi connectivity index (χ4v) is 4.71. The Balaban J connectivity index is 1.66. The third-order valence-corrected chi connectivity index (χ3v) is 6.26. The van der Waals surface area contributed by atoms with Gasteiger partial charge in [0, 0.05) is 24.7 Å².